The van der Waals surface area contributed by atoms with Gasteiger partial charge in [-0.05, 0) is 38.3 Å². The Morgan fingerprint density at radius 2 is 1.83 bits per heavy atom. The minimum atomic E-state index is -3.11. The number of nitrogens with one attached hydrogen (secondary N) is 3. The van der Waals surface area contributed by atoms with Crippen molar-refractivity contribution in [3.8, 4) is 0 Å². The molecule has 0 fully saturated rings. The molecule has 1 aromatic carbocycles. The first-order valence-corrected chi connectivity index (χ1v) is 9.67. The maximum Gasteiger partial charge on any atom is 0.211 e. The second-order valence-electron chi connectivity index (χ2n) is 5.20. The maximum atomic E-state index is 11.3. The lowest BCUT2D eigenvalue weighted by molar-refractivity contribution is 0.579. The largest absolute Gasteiger partial charge is 0.357 e. The number of benzene rings is 1. The Hall–Kier alpha value is -0.870. The van der Waals surface area contributed by atoms with Crippen LogP contribution in [0.3, 0.4) is 0 Å². The van der Waals surface area contributed by atoms with E-state index in [1.54, 1.807) is 6.92 Å². The van der Waals surface area contributed by atoms with Crippen molar-refractivity contribution in [3.63, 3.8) is 0 Å². The van der Waals surface area contributed by atoms with Gasteiger partial charge >= 0.3 is 0 Å². The Kier molecular flexibility index (Phi) is 12.0. The fraction of sp³-hybridized carbons (Fsp3) is 0.562. The van der Waals surface area contributed by atoms with Crippen molar-refractivity contribution < 1.29 is 8.42 Å². The molecule has 6 nitrogen and oxygen atoms in total. The van der Waals surface area contributed by atoms with Crippen molar-refractivity contribution >= 4 is 40.0 Å². The highest BCUT2D eigenvalue weighted by molar-refractivity contribution is 14.0. The zero-order valence-corrected chi connectivity index (χ0v) is 17.8. The highest BCUT2D eigenvalue weighted by atomic mass is 127. The Bertz CT molecular complexity index is 606. The fourth-order valence-electron chi connectivity index (χ4n) is 1.92. The molecule has 1 rings (SSSR count). The van der Waals surface area contributed by atoms with Gasteiger partial charge in [0.1, 0.15) is 0 Å². The molecule has 0 atom stereocenters. The average molecular weight is 468 g/mol. The number of halogens is 1. The molecule has 1 aromatic rings. The maximum absolute atomic E-state index is 11.3. The Morgan fingerprint density at radius 1 is 1.12 bits per heavy atom. The summed E-state index contributed by atoms with van der Waals surface area (Å²) < 4.78 is 25.2. The standard InChI is InChI=1S/C16H28N4O2S.HI/c1-4-17-16(18-11-8-12-20-23(21,22)5-2)19-13-15-10-7-6-9-14(15)3;/h6-7,9-10,20H,4-5,8,11-13H2,1-3H3,(H2,17,18,19);1H. The van der Waals surface area contributed by atoms with Crippen molar-refractivity contribution in [1.82, 2.24) is 15.4 Å². The minimum absolute atomic E-state index is 0. The van der Waals surface area contributed by atoms with Gasteiger partial charge in [-0.25, -0.2) is 18.1 Å². The Balaban J connectivity index is 0.00000529. The van der Waals surface area contributed by atoms with Gasteiger partial charge in [-0.3, -0.25) is 0 Å². The second-order valence-corrected chi connectivity index (χ2v) is 7.30. The van der Waals surface area contributed by atoms with Gasteiger partial charge in [0, 0.05) is 19.6 Å². The number of hydrogen-bond donors (Lipinski definition) is 3. The van der Waals surface area contributed by atoms with Gasteiger partial charge in [-0.2, -0.15) is 0 Å². The van der Waals surface area contributed by atoms with Gasteiger partial charge in [0.05, 0.1) is 12.3 Å². The second kappa shape index (κ2) is 12.5. The van der Waals surface area contributed by atoms with Crippen molar-refractivity contribution in [2.45, 2.75) is 33.7 Å². The van der Waals surface area contributed by atoms with Crippen LogP contribution in [0.1, 0.15) is 31.4 Å². The van der Waals surface area contributed by atoms with Crippen LogP contribution >= 0.6 is 24.0 Å². The van der Waals surface area contributed by atoms with Gasteiger partial charge in [0.15, 0.2) is 5.96 Å². The topological polar surface area (TPSA) is 82.6 Å². The molecule has 0 aromatic heterocycles. The smallest absolute Gasteiger partial charge is 0.211 e. The first-order chi connectivity index (χ1) is 11.0. The number of aryl methyl sites for hydroxylation is 1. The van der Waals surface area contributed by atoms with E-state index in [9.17, 15) is 8.42 Å². The number of rotatable bonds is 9. The van der Waals surface area contributed by atoms with Crippen LogP contribution in [0.2, 0.25) is 0 Å². The lowest BCUT2D eigenvalue weighted by Gasteiger charge is -2.12. The van der Waals surface area contributed by atoms with Gasteiger partial charge in [0.25, 0.3) is 0 Å². The van der Waals surface area contributed by atoms with Crippen molar-refractivity contribution in [2.24, 2.45) is 4.99 Å². The highest BCUT2D eigenvalue weighted by Crippen LogP contribution is 2.07. The first-order valence-electron chi connectivity index (χ1n) is 8.02. The van der Waals surface area contributed by atoms with Crippen LogP contribution < -0.4 is 15.4 Å². The first kappa shape index (κ1) is 23.1. The number of hydrogen-bond acceptors (Lipinski definition) is 3. The molecular formula is C16H29IN4O2S. The molecule has 0 saturated heterocycles. The quantitative estimate of drug-likeness (QED) is 0.224. The third kappa shape index (κ3) is 9.43. The van der Waals surface area contributed by atoms with Crippen LogP contribution in [0.25, 0.3) is 0 Å². The summed E-state index contributed by atoms with van der Waals surface area (Å²) in [6.07, 6.45) is 0.702. The Labute approximate surface area is 163 Å². The molecular weight excluding hydrogens is 439 g/mol. The molecule has 138 valence electrons. The number of nitrogens with zero attached hydrogens (tertiary/aromatic N) is 1. The van der Waals surface area contributed by atoms with Crippen LogP contribution in [0.15, 0.2) is 29.3 Å². The molecule has 3 N–H and O–H groups in total. The summed E-state index contributed by atoms with van der Waals surface area (Å²) >= 11 is 0. The molecule has 0 aliphatic heterocycles. The SMILES string of the molecule is CCNC(=NCc1ccccc1C)NCCCNS(=O)(=O)CC.I. The molecule has 0 radical (unpaired) electrons. The summed E-state index contributed by atoms with van der Waals surface area (Å²) in [5, 5.41) is 6.41. The number of sulfonamides is 1. The molecule has 0 aliphatic carbocycles. The van der Waals surface area contributed by atoms with E-state index in [1.165, 1.54) is 11.1 Å². The Morgan fingerprint density at radius 3 is 2.46 bits per heavy atom. The number of guanidine groups is 1. The van der Waals surface area contributed by atoms with E-state index in [1.807, 2.05) is 19.1 Å². The molecule has 0 amide bonds. The number of aliphatic imine (C=N–C) groups is 1. The van der Waals surface area contributed by atoms with Gasteiger partial charge in [-0.1, -0.05) is 24.3 Å². The molecule has 0 spiro atoms. The van der Waals surface area contributed by atoms with E-state index in [2.05, 4.69) is 39.4 Å². The third-order valence-corrected chi connectivity index (χ3v) is 4.77. The molecule has 8 heteroatoms. The molecule has 24 heavy (non-hydrogen) atoms. The fourth-order valence-corrected chi connectivity index (χ4v) is 2.58. The van der Waals surface area contributed by atoms with E-state index < -0.39 is 10.0 Å². The predicted octanol–water partition coefficient (Wildman–Crippen LogP) is 2.00. The van der Waals surface area contributed by atoms with Crippen molar-refractivity contribution in [1.29, 1.82) is 0 Å². The molecule has 0 saturated carbocycles. The van der Waals surface area contributed by atoms with Crippen molar-refractivity contribution in [3.05, 3.63) is 35.4 Å². The summed E-state index contributed by atoms with van der Waals surface area (Å²) in [5.41, 5.74) is 2.42. The summed E-state index contributed by atoms with van der Waals surface area (Å²) in [6.45, 7) is 8.20. The van der Waals surface area contributed by atoms with Crippen molar-refractivity contribution in [2.75, 3.05) is 25.4 Å². The van der Waals surface area contributed by atoms with Crippen LogP contribution in [-0.4, -0.2) is 39.8 Å². The van der Waals surface area contributed by atoms with E-state index in [-0.39, 0.29) is 29.7 Å². The lowest BCUT2D eigenvalue weighted by atomic mass is 10.1. The van der Waals surface area contributed by atoms with Gasteiger partial charge in [0.2, 0.25) is 10.0 Å². The molecule has 0 aliphatic rings. The van der Waals surface area contributed by atoms with Gasteiger partial charge in [-0.15, -0.1) is 24.0 Å². The van der Waals surface area contributed by atoms with E-state index in [0.717, 1.165) is 12.5 Å². The zero-order valence-electron chi connectivity index (χ0n) is 14.6. The van der Waals surface area contributed by atoms with Gasteiger partial charge < -0.3 is 10.6 Å². The normalized spacial score (nSPS) is 11.7. The average Bonchev–Trinajstić information content (AvgIpc) is 2.53. The molecule has 0 heterocycles. The van der Waals surface area contributed by atoms with E-state index in [0.29, 0.717) is 26.1 Å². The molecule has 0 unspecified atom stereocenters. The monoisotopic (exact) mass is 468 g/mol. The van der Waals surface area contributed by atoms with Crippen LogP contribution in [0, 0.1) is 6.92 Å². The summed E-state index contributed by atoms with van der Waals surface area (Å²) in [6, 6.07) is 8.17. The predicted molar refractivity (Wildman–Crippen MR) is 111 cm³/mol. The highest BCUT2D eigenvalue weighted by Gasteiger charge is 2.04. The molecule has 0 bridgehead atoms. The van der Waals surface area contributed by atoms with Crippen LogP contribution in [-0.2, 0) is 16.6 Å². The van der Waals surface area contributed by atoms with E-state index >= 15 is 0 Å². The minimum Gasteiger partial charge on any atom is -0.357 e. The van der Waals surface area contributed by atoms with E-state index in [4.69, 9.17) is 0 Å². The van der Waals surface area contributed by atoms with Crippen LogP contribution in [0.4, 0.5) is 0 Å². The lowest BCUT2D eigenvalue weighted by Crippen LogP contribution is -2.38. The third-order valence-electron chi connectivity index (χ3n) is 3.36. The summed E-state index contributed by atoms with van der Waals surface area (Å²) in [5.74, 6) is 0.857. The van der Waals surface area contributed by atoms with Crippen LogP contribution in [0.5, 0.6) is 0 Å². The summed E-state index contributed by atoms with van der Waals surface area (Å²) in [4.78, 5) is 4.56. The summed E-state index contributed by atoms with van der Waals surface area (Å²) in [7, 11) is -3.11. The zero-order chi connectivity index (χ0) is 17.1.